The van der Waals surface area contributed by atoms with Crippen molar-refractivity contribution < 1.29 is 9.53 Å². The predicted molar refractivity (Wildman–Crippen MR) is 109 cm³/mol. The Labute approximate surface area is 166 Å². The standard InChI is InChI=1S/C23H27N3O2/c1-26(15-20-13-17-2-5-18(20)12-17)11-10-16-3-7-21(8-4-16)28-22-9-6-19(14-25-22)23(24)27/h2-9,14,17-18,20H,10-13,15H2,1H3,(H2,24,27). The molecule has 1 aromatic heterocycles. The van der Waals surface area contributed by atoms with Crippen molar-refractivity contribution in [1.29, 1.82) is 0 Å². The Morgan fingerprint density at radius 2 is 2.00 bits per heavy atom. The highest BCUT2D eigenvalue weighted by Crippen LogP contribution is 2.43. The summed E-state index contributed by atoms with van der Waals surface area (Å²) in [5, 5.41) is 0. The number of pyridine rings is 1. The van der Waals surface area contributed by atoms with Crippen LogP contribution in [-0.4, -0.2) is 35.9 Å². The summed E-state index contributed by atoms with van der Waals surface area (Å²) in [6.07, 6.45) is 10.0. The predicted octanol–water partition coefficient (Wildman–Crippen LogP) is 3.66. The second-order valence-electron chi connectivity index (χ2n) is 8.05. The number of benzene rings is 1. The first-order chi connectivity index (χ1) is 13.6. The van der Waals surface area contributed by atoms with Gasteiger partial charge >= 0.3 is 0 Å². The van der Waals surface area contributed by atoms with E-state index in [-0.39, 0.29) is 0 Å². The number of hydrogen-bond donors (Lipinski definition) is 1. The van der Waals surface area contributed by atoms with E-state index in [2.05, 4.69) is 41.2 Å². The van der Waals surface area contributed by atoms with Crippen LogP contribution >= 0.6 is 0 Å². The summed E-state index contributed by atoms with van der Waals surface area (Å²) in [6, 6.07) is 11.4. The van der Waals surface area contributed by atoms with Crippen LogP contribution < -0.4 is 10.5 Å². The first-order valence-corrected chi connectivity index (χ1v) is 9.96. The largest absolute Gasteiger partial charge is 0.439 e. The third kappa shape index (κ3) is 4.42. The second kappa shape index (κ2) is 8.15. The summed E-state index contributed by atoms with van der Waals surface area (Å²) in [6.45, 7) is 2.26. The van der Waals surface area contributed by atoms with Crippen LogP contribution in [0.25, 0.3) is 0 Å². The molecule has 0 radical (unpaired) electrons. The molecule has 3 atom stereocenters. The smallest absolute Gasteiger partial charge is 0.250 e. The SMILES string of the molecule is CN(CCc1ccc(Oc2ccc(C(N)=O)cn2)cc1)CC1CC2C=CC1C2. The van der Waals surface area contributed by atoms with E-state index in [0.29, 0.717) is 11.4 Å². The van der Waals surface area contributed by atoms with Gasteiger partial charge in [0, 0.05) is 25.4 Å². The zero-order valence-corrected chi connectivity index (χ0v) is 16.3. The number of amides is 1. The lowest BCUT2D eigenvalue weighted by atomic mass is 9.93. The molecule has 2 bridgehead atoms. The van der Waals surface area contributed by atoms with Crippen LogP contribution in [-0.2, 0) is 6.42 Å². The third-order valence-electron chi connectivity index (χ3n) is 5.91. The van der Waals surface area contributed by atoms with Crippen molar-refractivity contribution in [2.24, 2.45) is 23.5 Å². The molecule has 2 aliphatic rings. The maximum atomic E-state index is 11.1. The molecule has 0 saturated heterocycles. The van der Waals surface area contributed by atoms with Gasteiger partial charge in [-0.05, 0) is 67.8 Å². The molecule has 5 nitrogen and oxygen atoms in total. The van der Waals surface area contributed by atoms with Crippen LogP contribution in [0.5, 0.6) is 11.6 Å². The van der Waals surface area contributed by atoms with Gasteiger partial charge in [0.2, 0.25) is 11.8 Å². The Morgan fingerprint density at radius 1 is 1.18 bits per heavy atom. The van der Waals surface area contributed by atoms with Crippen molar-refractivity contribution in [3.8, 4) is 11.6 Å². The Bertz CT molecular complexity index is 845. The number of rotatable bonds is 8. The van der Waals surface area contributed by atoms with Crippen molar-refractivity contribution in [1.82, 2.24) is 9.88 Å². The molecule has 2 N–H and O–H groups in total. The first-order valence-electron chi connectivity index (χ1n) is 9.96. The van der Waals surface area contributed by atoms with Crippen LogP contribution in [0, 0.1) is 17.8 Å². The minimum Gasteiger partial charge on any atom is -0.439 e. The van der Waals surface area contributed by atoms with Gasteiger partial charge in [0.1, 0.15) is 5.75 Å². The molecule has 5 heteroatoms. The molecule has 146 valence electrons. The van der Waals surface area contributed by atoms with Crippen LogP contribution in [0.15, 0.2) is 54.7 Å². The van der Waals surface area contributed by atoms with E-state index in [1.165, 1.54) is 31.1 Å². The van der Waals surface area contributed by atoms with E-state index in [1.807, 2.05) is 12.1 Å². The van der Waals surface area contributed by atoms with Crippen LogP contribution in [0.4, 0.5) is 0 Å². The molecule has 4 rings (SSSR count). The summed E-state index contributed by atoms with van der Waals surface area (Å²) >= 11 is 0. The summed E-state index contributed by atoms with van der Waals surface area (Å²) < 4.78 is 5.73. The monoisotopic (exact) mass is 377 g/mol. The lowest BCUT2D eigenvalue weighted by molar-refractivity contribution is 0.1000. The topological polar surface area (TPSA) is 68.5 Å². The highest BCUT2D eigenvalue weighted by molar-refractivity contribution is 5.92. The Hall–Kier alpha value is -2.66. The lowest BCUT2D eigenvalue weighted by Crippen LogP contribution is -2.29. The number of carbonyl (C=O) groups is 1. The molecule has 0 spiro atoms. The molecule has 28 heavy (non-hydrogen) atoms. The summed E-state index contributed by atoms with van der Waals surface area (Å²) in [5.74, 6) is 3.17. The van der Waals surface area contributed by atoms with E-state index in [4.69, 9.17) is 10.5 Å². The van der Waals surface area contributed by atoms with Gasteiger partial charge in [-0.25, -0.2) is 4.98 Å². The third-order valence-corrected chi connectivity index (χ3v) is 5.91. The molecular formula is C23H27N3O2. The van der Waals surface area contributed by atoms with Crippen LogP contribution in [0.2, 0.25) is 0 Å². The van der Waals surface area contributed by atoms with Crippen molar-refractivity contribution in [2.75, 3.05) is 20.1 Å². The average Bonchev–Trinajstić information content (AvgIpc) is 3.31. The molecule has 1 aromatic carbocycles. The van der Waals surface area contributed by atoms with Gasteiger partial charge in [-0.3, -0.25) is 4.79 Å². The molecule has 1 heterocycles. The summed E-state index contributed by atoms with van der Waals surface area (Å²) in [7, 11) is 2.23. The molecule has 1 saturated carbocycles. The quantitative estimate of drug-likeness (QED) is 0.713. The zero-order valence-electron chi connectivity index (χ0n) is 16.3. The van der Waals surface area contributed by atoms with Gasteiger partial charge < -0.3 is 15.4 Å². The number of primary amides is 1. The van der Waals surface area contributed by atoms with Crippen molar-refractivity contribution in [3.05, 3.63) is 65.9 Å². The number of hydrogen-bond acceptors (Lipinski definition) is 4. The molecule has 3 unspecified atom stereocenters. The Morgan fingerprint density at radius 3 is 2.61 bits per heavy atom. The highest BCUT2D eigenvalue weighted by Gasteiger charge is 2.35. The normalized spacial score (nSPS) is 22.7. The molecule has 2 aromatic rings. The van der Waals surface area contributed by atoms with E-state index in [0.717, 1.165) is 36.5 Å². The molecule has 2 aliphatic carbocycles. The van der Waals surface area contributed by atoms with E-state index in [9.17, 15) is 4.79 Å². The number of allylic oxidation sites excluding steroid dienone is 2. The fourth-order valence-corrected chi connectivity index (χ4v) is 4.35. The highest BCUT2D eigenvalue weighted by atomic mass is 16.5. The Balaban J connectivity index is 1.25. The summed E-state index contributed by atoms with van der Waals surface area (Å²) in [4.78, 5) is 17.7. The van der Waals surface area contributed by atoms with Gasteiger partial charge in [-0.2, -0.15) is 0 Å². The number of aromatic nitrogens is 1. The Kier molecular flexibility index (Phi) is 5.44. The molecule has 0 aliphatic heterocycles. The number of nitrogens with zero attached hydrogens (tertiary/aromatic N) is 2. The number of likely N-dealkylation sites (N-methyl/N-ethyl adjacent to an activating group) is 1. The van der Waals surface area contributed by atoms with Crippen molar-refractivity contribution >= 4 is 5.91 Å². The van der Waals surface area contributed by atoms with Gasteiger partial charge in [-0.15, -0.1) is 0 Å². The van der Waals surface area contributed by atoms with Crippen molar-refractivity contribution in [2.45, 2.75) is 19.3 Å². The zero-order chi connectivity index (χ0) is 19.5. The van der Waals surface area contributed by atoms with Gasteiger partial charge in [0.15, 0.2) is 0 Å². The van der Waals surface area contributed by atoms with Gasteiger partial charge in [0.05, 0.1) is 5.56 Å². The minimum absolute atomic E-state index is 0.369. The van der Waals surface area contributed by atoms with E-state index >= 15 is 0 Å². The molecule has 1 fully saturated rings. The van der Waals surface area contributed by atoms with Gasteiger partial charge in [-0.1, -0.05) is 24.3 Å². The first kappa shape index (κ1) is 18.7. The van der Waals surface area contributed by atoms with E-state index < -0.39 is 5.91 Å². The number of carbonyl (C=O) groups excluding carboxylic acids is 1. The maximum absolute atomic E-state index is 11.1. The lowest BCUT2D eigenvalue weighted by Gasteiger charge is -2.25. The second-order valence-corrected chi connectivity index (χ2v) is 8.05. The van der Waals surface area contributed by atoms with Crippen LogP contribution in [0.1, 0.15) is 28.8 Å². The molecule has 1 amide bonds. The van der Waals surface area contributed by atoms with Crippen molar-refractivity contribution in [3.63, 3.8) is 0 Å². The maximum Gasteiger partial charge on any atom is 0.250 e. The average molecular weight is 377 g/mol. The van der Waals surface area contributed by atoms with Gasteiger partial charge in [0.25, 0.3) is 0 Å². The summed E-state index contributed by atoms with van der Waals surface area (Å²) in [5.41, 5.74) is 6.88. The van der Waals surface area contributed by atoms with Crippen LogP contribution in [0.3, 0.4) is 0 Å². The minimum atomic E-state index is -0.495. The van der Waals surface area contributed by atoms with E-state index in [1.54, 1.807) is 12.1 Å². The fourth-order valence-electron chi connectivity index (χ4n) is 4.35. The fraction of sp³-hybridized carbons (Fsp3) is 0.391. The molecular weight excluding hydrogens is 350 g/mol. The number of ether oxygens (including phenoxy) is 1. The number of nitrogens with two attached hydrogens (primary N) is 1. The number of fused-ring (bicyclic) bond motifs is 2.